The molecule has 9 atom stereocenters. The Morgan fingerprint density at radius 3 is 1.68 bits per heavy atom. The first kappa shape index (κ1) is 60.9. The van der Waals surface area contributed by atoms with Crippen LogP contribution in [0, 0.1) is 11.8 Å². The number of nitrogens with one attached hydrogen (secondary N) is 8. The maximum absolute atomic E-state index is 14.1. The van der Waals surface area contributed by atoms with Crippen LogP contribution in [0.4, 0.5) is 0 Å². The molecule has 76 heavy (non-hydrogen) atoms. The number of carboxylic acid groups (broad SMARTS) is 2. The van der Waals surface area contributed by atoms with E-state index < -0.39 is 140 Å². The zero-order chi connectivity index (χ0) is 56.4. The van der Waals surface area contributed by atoms with Gasteiger partial charge in [-0.05, 0) is 66.8 Å². The molecule has 1 aromatic heterocycles. The Bertz CT molecular complexity index is 2540. The van der Waals surface area contributed by atoms with Gasteiger partial charge < -0.3 is 83.5 Å². The van der Waals surface area contributed by atoms with Crippen LogP contribution in [0.1, 0.15) is 70.9 Å². The van der Waals surface area contributed by atoms with E-state index in [0.29, 0.717) is 34.9 Å². The van der Waals surface area contributed by atoms with E-state index in [1.165, 1.54) is 35.4 Å². The SMILES string of the molecule is CC(C)C[C@H](NC(=O)[C@H](CO)NC(=O)[C@@H](N)CC(C)C)C(=O)N1CCC[C@H]1C(=O)N[C@@H](CO)C(=O)N[C@@H](CO)C(=O)N[C@@H](Cc1c[nH]c2ccccc12)C(=O)N[C@@H](CC(=O)O)C(=O)N[C@@H](Cc1ccc(O)cc1)C(=O)O. The van der Waals surface area contributed by atoms with E-state index in [9.17, 15) is 78.6 Å². The number of hydrogen-bond acceptors (Lipinski definition) is 15. The minimum absolute atomic E-state index is 0.0489. The van der Waals surface area contributed by atoms with Gasteiger partial charge >= 0.3 is 11.9 Å². The lowest BCUT2D eigenvalue weighted by Crippen LogP contribution is -2.61. The van der Waals surface area contributed by atoms with Crippen LogP contribution in [0.2, 0.25) is 0 Å². The molecule has 1 saturated heterocycles. The van der Waals surface area contributed by atoms with Gasteiger partial charge in [-0.15, -0.1) is 0 Å². The average Bonchev–Trinajstić information content (AvgIpc) is 4.03. The van der Waals surface area contributed by atoms with Crippen molar-refractivity contribution >= 4 is 70.1 Å². The number of amides is 8. The van der Waals surface area contributed by atoms with E-state index in [1.54, 1.807) is 38.1 Å². The average molecular weight is 1070 g/mol. The van der Waals surface area contributed by atoms with Gasteiger partial charge in [-0.25, -0.2) is 4.79 Å². The van der Waals surface area contributed by atoms with Gasteiger partial charge in [0.1, 0.15) is 54.1 Å². The number of nitrogens with two attached hydrogens (primary N) is 1. The molecule has 2 heterocycles. The third-order valence-corrected chi connectivity index (χ3v) is 12.4. The summed E-state index contributed by atoms with van der Waals surface area (Å²) < 4.78 is 0. The molecule has 4 rings (SSSR count). The number of fused-ring (bicyclic) bond motifs is 1. The summed E-state index contributed by atoms with van der Waals surface area (Å²) in [5.41, 5.74) is 7.40. The molecule has 416 valence electrons. The maximum Gasteiger partial charge on any atom is 0.326 e. The Hall–Kier alpha value is -7.68. The number of aromatic nitrogens is 1. The van der Waals surface area contributed by atoms with Gasteiger partial charge in [-0.3, -0.25) is 43.2 Å². The Balaban J connectivity index is 1.49. The summed E-state index contributed by atoms with van der Waals surface area (Å²) in [6, 6.07) is -1.46. The van der Waals surface area contributed by atoms with Crippen molar-refractivity contribution in [2.24, 2.45) is 17.6 Å². The number of carbonyl (C=O) groups excluding carboxylic acids is 8. The first-order valence-corrected chi connectivity index (χ1v) is 24.7. The first-order valence-electron chi connectivity index (χ1n) is 24.7. The van der Waals surface area contributed by atoms with Crippen LogP contribution in [-0.4, -0.2) is 180 Å². The summed E-state index contributed by atoms with van der Waals surface area (Å²) in [5.74, 6) is -11.2. The predicted molar refractivity (Wildman–Crippen MR) is 270 cm³/mol. The highest BCUT2D eigenvalue weighted by Crippen LogP contribution is 2.22. The van der Waals surface area contributed by atoms with Crippen molar-refractivity contribution in [2.45, 2.75) is 127 Å². The quantitative estimate of drug-likeness (QED) is 0.0329. The second kappa shape index (κ2) is 28.8. The van der Waals surface area contributed by atoms with Gasteiger partial charge in [0.15, 0.2) is 0 Å². The van der Waals surface area contributed by atoms with Gasteiger partial charge in [0.2, 0.25) is 47.3 Å². The molecule has 0 radical (unpaired) electrons. The maximum atomic E-state index is 14.1. The Kier molecular flexibility index (Phi) is 23.1. The molecule has 26 nitrogen and oxygen atoms in total. The number of aliphatic hydroxyl groups is 3. The summed E-state index contributed by atoms with van der Waals surface area (Å²) in [5, 5.41) is 76.9. The second-order valence-electron chi connectivity index (χ2n) is 19.4. The number of benzene rings is 2. The number of aliphatic hydroxyl groups excluding tert-OH is 3. The van der Waals surface area contributed by atoms with Crippen molar-refractivity contribution in [1.29, 1.82) is 0 Å². The molecular weight excluding hydrogens is 997 g/mol. The van der Waals surface area contributed by atoms with Crippen molar-refractivity contribution in [3.8, 4) is 5.75 Å². The number of H-pyrrole nitrogens is 1. The van der Waals surface area contributed by atoms with E-state index in [2.05, 4.69) is 42.2 Å². The topological polar surface area (TPSA) is 421 Å². The number of aromatic amines is 1. The molecule has 1 aliphatic rings. The van der Waals surface area contributed by atoms with Crippen LogP contribution in [0.25, 0.3) is 10.9 Å². The number of likely N-dealkylation sites (tertiary alicyclic amines) is 1. The number of phenolic OH excluding ortho intramolecular Hbond substituents is 1. The number of phenols is 1. The fraction of sp³-hybridized carbons (Fsp3) is 0.520. The molecule has 3 aromatic rings. The molecule has 0 saturated carbocycles. The number of para-hydroxylation sites is 1. The number of carbonyl (C=O) groups is 10. The fourth-order valence-electron chi connectivity index (χ4n) is 8.48. The van der Waals surface area contributed by atoms with Crippen molar-refractivity contribution in [3.63, 3.8) is 0 Å². The lowest BCUT2D eigenvalue weighted by molar-refractivity contribution is -0.143. The molecule has 0 bridgehead atoms. The van der Waals surface area contributed by atoms with Crippen LogP contribution in [-0.2, 0) is 60.8 Å². The molecular formula is C50H70N10O16. The summed E-state index contributed by atoms with van der Waals surface area (Å²) in [4.78, 5) is 137. The molecule has 0 spiro atoms. The Morgan fingerprint density at radius 2 is 1.12 bits per heavy atom. The smallest absolute Gasteiger partial charge is 0.326 e. The third kappa shape index (κ3) is 17.7. The van der Waals surface area contributed by atoms with Crippen LogP contribution >= 0.6 is 0 Å². The molecule has 2 aromatic carbocycles. The van der Waals surface area contributed by atoms with E-state index >= 15 is 0 Å². The largest absolute Gasteiger partial charge is 0.508 e. The highest BCUT2D eigenvalue weighted by Gasteiger charge is 2.41. The molecule has 16 N–H and O–H groups in total. The Morgan fingerprint density at radius 1 is 0.618 bits per heavy atom. The van der Waals surface area contributed by atoms with Crippen molar-refractivity contribution in [2.75, 3.05) is 26.4 Å². The summed E-state index contributed by atoms with van der Waals surface area (Å²) in [6.45, 7) is 4.35. The van der Waals surface area contributed by atoms with E-state index in [4.69, 9.17) is 5.73 Å². The highest BCUT2D eigenvalue weighted by molar-refractivity contribution is 5.99. The normalized spacial score (nSPS) is 16.5. The van der Waals surface area contributed by atoms with Gasteiger partial charge in [0.05, 0.1) is 32.3 Å². The van der Waals surface area contributed by atoms with E-state index in [1.807, 2.05) is 13.8 Å². The number of rotatable bonds is 29. The summed E-state index contributed by atoms with van der Waals surface area (Å²) >= 11 is 0. The van der Waals surface area contributed by atoms with Crippen molar-refractivity contribution in [3.05, 3.63) is 65.9 Å². The van der Waals surface area contributed by atoms with Gasteiger partial charge in [-0.2, -0.15) is 0 Å². The van der Waals surface area contributed by atoms with Crippen molar-refractivity contribution < 1.29 is 78.6 Å². The predicted octanol–water partition coefficient (Wildman–Crippen LogP) is -3.00. The zero-order valence-electron chi connectivity index (χ0n) is 42.6. The highest BCUT2D eigenvalue weighted by atomic mass is 16.4. The van der Waals surface area contributed by atoms with Crippen LogP contribution < -0.4 is 43.0 Å². The molecule has 1 aliphatic heterocycles. The number of nitrogens with zero attached hydrogens (tertiary/aromatic N) is 1. The second-order valence-corrected chi connectivity index (χ2v) is 19.4. The summed E-state index contributed by atoms with van der Waals surface area (Å²) in [6.07, 6.45) is 0.665. The number of hydrogen-bond donors (Lipinski definition) is 15. The lowest BCUT2D eigenvalue weighted by atomic mass is 10.0. The van der Waals surface area contributed by atoms with Gasteiger partial charge in [0.25, 0.3) is 0 Å². The standard InChI is InChI=1S/C50H70N10O16/c1-25(2)16-31(51)42(67)57-37(22-61)46(71)55-35(17-26(3)4)49(74)60-15-7-10-40(60)48(73)59-39(24-63)47(72)58-38(23-62)45(70)53-33(19-28-21-52-32-9-6-5-8-30(28)32)43(68)54-34(20-41(65)66)44(69)56-36(50(75)76)18-27-11-13-29(64)14-12-27/h5-6,8-9,11-14,21,25-26,31,33-40,52,61-64H,7,10,15-20,22-24,51H2,1-4H3,(H,53,70)(H,54,68)(H,55,71)(H,56,69)(H,57,67)(H,58,72)(H,59,73)(H,65,66)(H,75,76)/t31-,33-,34-,35-,36-,37-,38-,39-,40-/m0/s1. The number of carboxylic acids is 2. The van der Waals surface area contributed by atoms with Gasteiger partial charge in [-0.1, -0.05) is 58.0 Å². The van der Waals surface area contributed by atoms with Crippen molar-refractivity contribution in [1.82, 2.24) is 47.1 Å². The fourth-order valence-corrected chi connectivity index (χ4v) is 8.48. The molecule has 26 heteroatoms. The summed E-state index contributed by atoms with van der Waals surface area (Å²) in [7, 11) is 0. The zero-order valence-corrected chi connectivity index (χ0v) is 42.6. The van der Waals surface area contributed by atoms with Crippen LogP contribution in [0.5, 0.6) is 5.75 Å². The van der Waals surface area contributed by atoms with Gasteiger partial charge in [0, 0.05) is 36.5 Å². The number of aliphatic carboxylic acids is 2. The minimum Gasteiger partial charge on any atom is -0.508 e. The molecule has 8 amide bonds. The first-order chi connectivity index (χ1) is 36.0. The monoisotopic (exact) mass is 1070 g/mol. The molecule has 0 unspecified atom stereocenters. The molecule has 1 fully saturated rings. The molecule has 0 aliphatic carbocycles. The van der Waals surface area contributed by atoms with E-state index in [-0.39, 0.29) is 49.8 Å². The number of aromatic hydroxyl groups is 1. The lowest BCUT2D eigenvalue weighted by Gasteiger charge is -2.31. The Labute approximate surface area is 437 Å². The minimum atomic E-state index is -1.90. The van der Waals surface area contributed by atoms with Crippen LogP contribution in [0.3, 0.4) is 0 Å². The van der Waals surface area contributed by atoms with E-state index in [0.717, 1.165) is 0 Å². The van der Waals surface area contributed by atoms with Crippen LogP contribution in [0.15, 0.2) is 54.7 Å². The third-order valence-electron chi connectivity index (χ3n) is 12.4.